The third-order valence-electron chi connectivity index (χ3n) is 7.20. The lowest BCUT2D eigenvalue weighted by molar-refractivity contribution is 0.121. The second-order valence-corrected chi connectivity index (χ2v) is 10.3. The number of rotatable bonds is 15. The molecule has 12 heteroatoms. The molecule has 0 amide bonds. The number of methoxy groups -OCH3 is 1. The van der Waals surface area contributed by atoms with Crippen molar-refractivity contribution in [1.29, 1.82) is 0 Å². The lowest BCUT2D eigenvalue weighted by atomic mass is 10.1. The second-order valence-electron chi connectivity index (χ2n) is 10.3. The third-order valence-corrected chi connectivity index (χ3v) is 7.20. The molecule has 0 unspecified atom stereocenters. The first-order valence-electron chi connectivity index (χ1n) is 15.3. The van der Waals surface area contributed by atoms with Crippen molar-refractivity contribution in [2.75, 3.05) is 94.8 Å². The van der Waals surface area contributed by atoms with Gasteiger partial charge in [0, 0.05) is 32.2 Å². The fourth-order valence-corrected chi connectivity index (χ4v) is 4.93. The smallest absolute Gasteiger partial charge is 0.229 e. The molecule has 12 nitrogen and oxygen atoms in total. The maximum Gasteiger partial charge on any atom is 0.229 e. The number of morpholine rings is 2. The normalized spacial score (nSPS) is 15.2. The zero-order valence-corrected chi connectivity index (χ0v) is 26.1. The monoisotopic (exact) mass is 618 g/mol. The van der Waals surface area contributed by atoms with Crippen molar-refractivity contribution in [3.8, 4) is 23.0 Å². The van der Waals surface area contributed by atoms with E-state index in [1.807, 2.05) is 55.5 Å². The first-order valence-corrected chi connectivity index (χ1v) is 15.3. The molecule has 45 heavy (non-hydrogen) atoms. The fraction of sp³-hybridized carbons (Fsp3) is 0.424. The van der Waals surface area contributed by atoms with Gasteiger partial charge in [0.1, 0.15) is 19.0 Å². The van der Waals surface area contributed by atoms with E-state index in [9.17, 15) is 0 Å². The summed E-state index contributed by atoms with van der Waals surface area (Å²) in [6.45, 7) is 12.6. The number of hydrogen-bond acceptors (Lipinski definition) is 12. The number of ether oxygens (including phenoxy) is 6. The molecule has 1 aromatic heterocycles. The highest BCUT2D eigenvalue weighted by Crippen LogP contribution is 2.30. The van der Waals surface area contributed by atoms with Crippen LogP contribution in [-0.2, 0) is 15.9 Å². The Balaban J connectivity index is 1.21. The molecule has 0 radical (unpaired) electrons. The van der Waals surface area contributed by atoms with Crippen LogP contribution in [0.5, 0.6) is 23.0 Å². The Hall–Kier alpha value is -4.55. The van der Waals surface area contributed by atoms with Gasteiger partial charge >= 0.3 is 0 Å². The Kier molecular flexibility index (Phi) is 11.7. The van der Waals surface area contributed by atoms with Crippen LogP contribution in [0, 0.1) is 0 Å². The van der Waals surface area contributed by atoms with Gasteiger partial charge in [-0.05, 0) is 54.8 Å². The Morgan fingerprint density at radius 2 is 1.53 bits per heavy atom. The molecule has 3 heterocycles. The average Bonchev–Trinajstić information content (AvgIpc) is 3.09. The summed E-state index contributed by atoms with van der Waals surface area (Å²) in [6, 6.07) is 13.5. The molecule has 2 aliphatic rings. The number of allylic oxidation sites excluding steroid dienone is 1. The number of aromatic nitrogens is 2. The molecule has 0 atom stereocenters. The molecule has 0 aliphatic carbocycles. The molecule has 0 spiro atoms. The molecule has 2 saturated heterocycles. The molecular weight excluding hydrogens is 576 g/mol. The molecular formula is C33H42N6O6. The van der Waals surface area contributed by atoms with Crippen molar-refractivity contribution in [3.63, 3.8) is 0 Å². The molecule has 1 N–H and O–H groups in total. The summed E-state index contributed by atoms with van der Waals surface area (Å²) in [5, 5.41) is 4.47. The van der Waals surface area contributed by atoms with E-state index < -0.39 is 0 Å². The van der Waals surface area contributed by atoms with Crippen LogP contribution in [0.3, 0.4) is 0 Å². The Morgan fingerprint density at radius 1 is 0.844 bits per heavy atom. The van der Waals surface area contributed by atoms with Crippen molar-refractivity contribution in [2.45, 2.75) is 13.3 Å². The van der Waals surface area contributed by atoms with E-state index in [-0.39, 0.29) is 0 Å². The van der Waals surface area contributed by atoms with E-state index in [1.54, 1.807) is 13.3 Å². The van der Waals surface area contributed by atoms with Crippen LogP contribution >= 0.6 is 0 Å². The van der Waals surface area contributed by atoms with Crippen molar-refractivity contribution in [1.82, 2.24) is 9.97 Å². The van der Waals surface area contributed by atoms with E-state index in [4.69, 9.17) is 38.4 Å². The van der Waals surface area contributed by atoms with E-state index in [2.05, 4.69) is 26.9 Å². The predicted molar refractivity (Wildman–Crippen MR) is 175 cm³/mol. The van der Waals surface area contributed by atoms with Crippen molar-refractivity contribution >= 4 is 23.8 Å². The van der Waals surface area contributed by atoms with Gasteiger partial charge in [0.15, 0.2) is 28.8 Å². The van der Waals surface area contributed by atoms with Crippen molar-refractivity contribution in [3.05, 3.63) is 66.2 Å². The number of hydrazone groups is 1. The van der Waals surface area contributed by atoms with Gasteiger partial charge in [0.2, 0.25) is 5.95 Å². The maximum absolute atomic E-state index is 6.01. The Bertz CT molecular complexity index is 1390. The Morgan fingerprint density at radius 3 is 2.22 bits per heavy atom. The van der Waals surface area contributed by atoms with Crippen LogP contribution in [0.1, 0.15) is 18.1 Å². The van der Waals surface area contributed by atoms with Gasteiger partial charge in [-0.1, -0.05) is 12.1 Å². The summed E-state index contributed by atoms with van der Waals surface area (Å²) in [7, 11) is 1.63. The van der Waals surface area contributed by atoms with Gasteiger partial charge in [0.25, 0.3) is 0 Å². The number of anilines is 3. The van der Waals surface area contributed by atoms with Gasteiger partial charge in [-0.15, -0.1) is 6.58 Å². The van der Waals surface area contributed by atoms with Crippen LogP contribution in [0.25, 0.3) is 0 Å². The standard InChI is InChI=1S/C33H42N6O6/c1-4-6-25-7-9-27(29(21-25)40-3)44-19-20-45-28-10-8-26(22-30(28)43-5-2)24-34-37-31-23-32(38-11-15-41-16-12-38)36-33(35-31)39-13-17-42-18-14-39/h4,7-10,21-24H,1,5-6,11-20H2,2-3H3,(H,35,36,37). The summed E-state index contributed by atoms with van der Waals surface area (Å²) >= 11 is 0. The van der Waals surface area contributed by atoms with Gasteiger partial charge in [-0.2, -0.15) is 15.1 Å². The molecule has 0 saturated carbocycles. The lowest BCUT2D eigenvalue weighted by Gasteiger charge is -2.31. The summed E-state index contributed by atoms with van der Waals surface area (Å²) in [5.74, 6) is 4.71. The minimum atomic E-state index is 0.331. The molecule has 0 bridgehead atoms. The highest BCUT2D eigenvalue weighted by atomic mass is 16.6. The van der Waals surface area contributed by atoms with Gasteiger partial charge < -0.3 is 38.2 Å². The van der Waals surface area contributed by atoms with E-state index in [1.165, 1.54) is 0 Å². The molecule has 3 aromatic rings. The van der Waals surface area contributed by atoms with Crippen LogP contribution in [0.4, 0.5) is 17.6 Å². The van der Waals surface area contributed by atoms with Crippen LogP contribution in [0.2, 0.25) is 0 Å². The van der Waals surface area contributed by atoms with Crippen molar-refractivity contribution < 1.29 is 28.4 Å². The minimum absolute atomic E-state index is 0.331. The van der Waals surface area contributed by atoms with Gasteiger partial charge in [-0.25, -0.2) is 0 Å². The number of benzene rings is 2. The predicted octanol–water partition coefficient (Wildman–Crippen LogP) is 4.19. The number of nitrogens with one attached hydrogen (secondary N) is 1. The summed E-state index contributed by atoms with van der Waals surface area (Å²) in [5.41, 5.74) is 5.05. The second kappa shape index (κ2) is 16.5. The quantitative estimate of drug-likeness (QED) is 0.115. The summed E-state index contributed by atoms with van der Waals surface area (Å²) < 4.78 is 34.3. The summed E-state index contributed by atoms with van der Waals surface area (Å²) in [4.78, 5) is 13.9. The Labute approximate surface area is 264 Å². The van der Waals surface area contributed by atoms with E-state index >= 15 is 0 Å². The van der Waals surface area contributed by atoms with Crippen LogP contribution in [0.15, 0.2) is 60.2 Å². The highest BCUT2D eigenvalue weighted by Gasteiger charge is 2.19. The third kappa shape index (κ3) is 8.99. The molecule has 2 aromatic carbocycles. The topological polar surface area (TPSA) is 112 Å². The molecule has 5 rings (SSSR count). The zero-order valence-electron chi connectivity index (χ0n) is 26.1. The molecule has 240 valence electrons. The van der Waals surface area contributed by atoms with Crippen LogP contribution in [-0.4, -0.2) is 95.7 Å². The number of nitrogens with zero attached hydrogens (tertiary/aromatic N) is 5. The summed E-state index contributed by atoms with van der Waals surface area (Å²) in [6.07, 6.45) is 4.35. The minimum Gasteiger partial charge on any atom is -0.493 e. The first-order chi connectivity index (χ1) is 22.2. The average molecular weight is 619 g/mol. The molecule has 2 aliphatic heterocycles. The molecule has 2 fully saturated rings. The van der Waals surface area contributed by atoms with Crippen molar-refractivity contribution in [2.24, 2.45) is 5.10 Å². The van der Waals surface area contributed by atoms with Crippen LogP contribution < -0.4 is 34.2 Å². The highest BCUT2D eigenvalue weighted by molar-refractivity contribution is 5.81. The van der Waals surface area contributed by atoms with Gasteiger partial charge in [0.05, 0.1) is 46.4 Å². The van der Waals surface area contributed by atoms with Gasteiger partial charge in [-0.3, -0.25) is 5.43 Å². The maximum atomic E-state index is 6.01. The largest absolute Gasteiger partial charge is 0.493 e. The SMILES string of the molecule is C=CCc1ccc(OCCOc2ccc(C=NNc3cc(N4CCOCC4)nc(N4CCOCC4)n3)cc2OCC)c(OC)c1. The fourth-order valence-electron chi connectivity index (χ4n) is 4.93. The van der Waals surface area contributed by atoms with E-state index in [0.717, 1.165) is 49.5 Å². The lowest BCUT2D eigenvalue weighted by Crippen LogP contribution is -2.39. The van der Waals surface area contributed by atoms with E-state index in [0.29, 0.717) is 81.0 Å². The zero-order chi connectivity index (χ0) is 31.3. The first kappa shape index (κ1) is 31.9. The number of hydrogen-bond donors (Lipinski definition) is 1.